The molecule has 74 valence electrons. The average molecular weight is 296 g/mol. The first kappa shape index (κ1) is 12.7. The standard InChI is InChI=1S/C9H13IO3/c1-2-13-9(11)5-8-12-7-4-3-6-10/h2,5-8H2,1H3. The highest BCUT2D eigenvalue weighted by atomic mass is 127. The van der Waals surface area contributed by atoms with Gasteiger partial charge in [-0.2, -0.15) is 0 Å². The number of rotatable bonds is 5. The second kappa shape index (κ2) is 9.81. The van der Waals surface area contributed by atoms with Gasteiger partial charge in [0.15, 0.2) is 0 Å². The van der Waals surface area contributed by atoms with Crippen molar-refractivity contribution in [2.45, 2.75) is 13.3 Å². The minimum Gasteiger partial charge on any atom is -0.466 e. The molecule has 0 N–H and O–H groups in total. The van der Waals surface area contributed by atoms with Gasteiger partial charge in [0.05, 0.1) is 24.1 Å². The molecule has 0 bridgehead atoms. The van der Waals surface area contributed by atoms with E-state index in [0.29, 0.717) is 26.2 Å². The fraction of sp³-hybridized carbons (Fsp3) is 0.667. The molecular formula is C9H13IO3. The monoisotopic (exact) mass is 296 g/mol. The van der Waals surface area contributed by atoms with Crippen LogP contribution in [0.5, 0.6) is 0 Å². The Bertz CT molecular complexity index is 193. The second-order valence-corrected chi connectivity index (χ2v) is 2.86. The minimum atomic E-state index is -0.218. The van der Waals surface area contributed by atoms with E-state index in [1.807, 2.05) is 0 Å². The van der Waals surface area contributed by atoms with Crippen molar-refractivity contribution in [3.05, 3.63) is 0 Å². The molecule has 0 heterocycles. The molecule has 3 nitrogen and oxygen atoms in total. The highest BCUT2D eigenvalue weighted by Crippen LogP contribution is 1.87. The van der Waals surface area contributed by atoms with Gasteiger partial charge < -0.3 is 9.47 Å². The van der Waals surface area contributed by atoms with Crippen molar-refractivity contribution in [3.63, 3.8) is 0 Å². The molecular weight excluding hydrogens is 283 g/mol. The van der Waals surface area contributed by atoms with Gasteiger partial charge in [-0.05, 0) is 6.92 Å². The Morgan fingerprint density at radius 2 is 2.23 bits per heavy atom. The molecule has 0 unspecified atom stereocenters. The first-order valence-electron chi connectivity index (χ1n) is 4.06. The zero-order valence-electron chi connectivity index (χ0n) is 7.64. The number of esters is 1. The fourth-order valence-electron chi connectivity index (χ4n) is 0.610. The zero-order valence-corrected chi connectivity index (χ0v) is 9.80. The molecule has 0 aliphatic heterocycles. The van der Waals surface area contributed by atoms with Crippen LogP contribution in [-0.2, 0) is 14.3 Å². The maximum atomic E-state index is 10.8. The van der Waals surface area contributed by atoms with E-state index in [1.165, 1.54) is 0 Å². The molecule has 0 saturated carbocycles. The number of carbonyl (C=O) groups excluding carboxylic acids is 1. The quantitative estimate of drug-likeness (QED) is 0.253. The van der Waals surface area contributed by atoms with Gasteiger partial charge in [0, 0.05) is 0 Å². The van der Waals surface area contributed by atoms with Crippen molar-refractivity contribution in [1.82, 2.24) is 0 Å². The summed E-state index contributed by atoms with van der Waals surface area (Å²) in [5.74, 6) is 5.45. The van der Waals surface area contributed by atoms with Gasteiger partial charge in [-0.15, -0.1) is 0 Å². The third-order valence-corrected chi connectivity index (χ3v) is 1.50. The van der Waals surface area contributed by atoms with Crippen LogP contribution < -0.4 is 0 Å². The third-order valence-electron chi connectivity index (χ3n) is 1.12. The van der Waals surface area contributed by atoms with Gasteiger partial charge in [0.25, 0.3) is 0 Å². The topological polar surface area (TPSA) is 35.5 Å². The summed E-state index contributed by atoms with van der Waals surface area (Å²) in [6, 6.07) is 0. The molecule has 0 spiro atoms. The lowest BCUT2D eigenvalue weighted by molar-refractivity contribution is -0.144. The number of ether oxygens (including phenoxy) is 2. The Kier molecular flexibility index (Phi) is 9.59. The van der Waals surface area contributed by atoms with Crippen LogP contribution in [0.15, 0.2) is 0 Å². The first-order chi connectivity index (χ1) is 6.31. The molecule has 0 aliphatic rings. The molecule has 0 rings (SSSR count). The number of carbonyl (C=O) groups is 1. The normalized spacial score (nSPS) is 8.77. The van der Waals surface area contributed by atoms with E-state index < -0.39 is 0 Å². The lowest BCUT2D eigenvalue weighted by atomic mass is 10.5. The van der Waals surface area contributed by atoms with Crippen LogP contribution in [0.4, 0.5) is 0 Å². The van der Waals surface area contributed by atoms with Crippen molar-refractivity contribution >= 4 is 28.6 Å². The Hall–Kier alpha value is -0.280. The summed E-state index contributed by atoms with van der Waals surface area (Å²) in [4.78, 5) is 10.8. The molecule has 13 heavy (non-hydrogen) atoms. The summed E-state index contributed by atoms with van der Waals surface area (Å²) in [6.07, 6.45) is 0.305. The summed E-state index contributed by atoms with van der Waals surface area (Å²) in [6.45, 7) is 2.98. The molecule has 4 heteroatoms. The maximum absolute atomic E-state index is 10.8. The number of hydrogen-bond acceptors (Lipinski definition) is 3. The van der Waals surface area contributed by atoms with Gasteiger partial charge >= 0.3 is 5.97 Å². The molecule has 0 fully saturated rings. The SMILES string of the molecule is CCOC(=O)CCOCC#CCI. The molecule has 0 aromatic heterocycles. The summed E-state index contributed by atoms with van der Waals surface area (Å²) in [5.41, 5.74) is 0. The predicted molar refractivity (Wildman–Crippen MR) is 58.7 cm³/mol. The Morgan fingerprint density at radius 3 is 2.85 bits per heavy atom. The molecule has 0 aliphatic carbocycles. The second-order valence-electron chi connectivity index (χ2n) is 2.09. The van der Waals surface area contributed by atoms with E-state index in [2.05, 4.69) is 34.4 Å². The highest BCUT2D eigenvalue weighted by Gasteiger charge is 1.99. The van der Waals surface area contributed by atoms with E-state index in [4.69, 9.17) is 9.47 Å². The highest BCUT2D eigenvalue weighted by molar-refractivity contribution is 14.1. The van der Waals surface area contributed by atoms with E-state index in [-0.39, 0.29) is 5.97 Å². The van der Waals surface area contributed by atoms with Crippen LogP contribution in [0, 0.1) is 11.8 Å². The molecule has 0 saturated heterocycles. The lowest BCUT2D eigenvalue weighted by Crippen LogP contribution is -2.08. The van der Waals surface area contributed by atoms with Gasteiger partial charge in [-0.1, -0.05) is 34.4 Å². The molecule has 0 atom stereocenters. The van der Waals surface area contributed by atoms with Gasteiger partial charge in [-0.25, -0.2) is 0 Å². The van der Waals surface area contributed by atoms with Crippen molar-refractivity contribution < 1.29 is 14.3 Å². The number of hydrogen-bond donors (Lipinski definition) is 0. The van der Waals surface area contributed by atoms with Crippen LogP contribution >= 0.6 is 22.6 Å². The Morgan fingerprint density at radius 1 is 1.46 bits per heavy atom. The minimum absolute atomic E-state index is 0.218. The van der Waals surface area contributed by atoms with Crippen molar-refractivity contribution in [2.24, 2.45) is 0 Å². The third kappa shape index (κ3) is 9.64. The van der Waals surface area contributed by atoms with Gasteiger partial charge in [0.1, 0.15) is 6.61 Å². The maximum Gasteiger partial charge on any atom is 0.308 e. The molecule has 0 aromatic rings. The Balaban J connectivity index is 3.20. The van der Waals surface area contributed by atoms with Crippen molar-refractivity contribution in [3.8, 4) is 11.8 Å². The summed E-state index contributed by atoms with van der Waals surface area (Å²) >= 11 is 2.17. The van der Waals surface area contributed by atoms with E-state index in [0.717, 1.165) is 4.43 Å². The van der Waals surface area contributed by atoms with Crippen LogP contribution in [-0.4, -0.2) is 30.2 Å². The van der Waals surface area contributed by atoms with Gasteiger partial charge in [0.2, 0.25) is 0 Å². The predicted octanol–water partition coefficient (Wildman–Crippen LogP) is 1.39. The largest absolute Gasteiger partial charge is 0.466 e. The summed E-state index contributed by atoms with van der Waals surface area (Å²) in [5, 5.41) is 0. The van der Waals surface area contributed by atoms with Crippen molar-refractivity contribution in [2.75, 3.05) is 24.2 Å². The van der Waals surface area contributed by atoms with E-state index >= 15 is 0 Å². The summed E-state index contributed by atoms with van der Waals surface area (Å²) in [7, 11) is 0. The van der Waals surface area contributed by atoms with E-state index in [1.54, 1.807) is 6.92 Å². The van der Waals surface area contributed by atoms with Crippen molar-refractivity contribution in [1.29, 1.82) is 0 Å². The summed E-state index contributed by atoms with van der Waals surface area (Å²) < 4.78 is 10.6. The van der Waals surface area contributed by atoms with Crippen LogP contribution in [0.3, 0.4) is 0 Å². The first-order valence-corrected chi connectivity index (χ1v) is 5.58. The zero-order chi connectivity index (χ0) is 9.94. The van der Waals surface area contributed by atoms with E-state index in [9.17, 15) is 4.79 Å². The lowest BCUT2D eigenvalue weighted by Gasteiger charge is -2.00. The Labute approximate surface area is 92.3 Å². The number of alkyl halides is 1. The molecule has 0 aromatic carbocycles. The van der Waals surface area contributed by atoms with Crippen LogP contribution in [0.25, 0.3) is 0 Å². The van der Waals surface area contributed by atoms with Crippen LogP contribution in [0.2, 0.25) is 0 Å². The molecule has 0 amide bonds. The smallest absolute Gasteiger partial charge is 0.308 e. The average Bonchev–Trinajstić information content (AvgIpc) is 2.11. The van der Waals surface area contributed by atoms with Crippen LogP contribution in [0.1, 0.15) is 13.3 Å². The van der Waals surface area contributed by atoms with Gasteiger partial charge in [-0.3, -0.25) is 4.79 Å². The fourth-order valence-corrected chi connectivity index (χ4v) is 0.880. The number of halogens is 1. The molecule has 0 radical (unpaired) electrons.